The lowest BCUT2D eigenvalue weighted by Crippen LogP contribution is -2.58. The van der Waals surface area contributed by atoms with Gasteiger partial charge in [0, 0.05) is 20.8 Å². The van der Waals surface area contributed by atoms with Gasteiger partial charge in [-0.05, 0) is 5.56 Å². The van der Waals surface area contributed by atoms with Crippen molar-refractivity contribution in [1.82, 2.24) is 0 Å². The van der Waals surface area contributed by atoms with Crippen molar-refractivity contribution in [3.63, 3.8) is 0 Å². The van der Waals surface area contributed by atoms with Gasteiger partial charge in [-0.25, -0.2) is 0 Å². The molecule has 1 aromatic rings. The molecule has 142 valence electrons. The normalized spacial score (nSPS) is 25.2. The van der Waals surface area contributed by atoms with Gasteiger partial charge in [-0.15, -0.1) is 0 Å². The number of esters is 3. The van der Waals surface area contributed by atoms with E-state index < -0.39 is 42.5 Å². The largest absolute Gasteiger partial charge is 0.456 e. The van der Waals surface area contributed by atoms with E-state index in [-0.39, 0.29) is 13.2 Å². The van der Waals surface area contributed by atoms with Crippen LogP contribution in [0.5, 0.6) is 0 Å². The second-order valence-electron chi connectivity index (χ2n) is 5.79. The van der Waals surface area contributed by atoms with Crippen molar-refractivity contribution in [3.8, 4) is 0 Å². The van der Waals surface area contributed by atoms with E-state index in [1.54, 1.807) is 0 Å². The molecule has 0 aromatic heterocycles. The lowest BCUT2D eigenvalue weighted by atomic mass is 10.0. The summed E-state index contributed by atoms with van der Waals surface area (Å²) >= 11 is 0. The Morgan fingerprint density at radius 1 is 0.923 bits per heavy atom. The Morgan fingerprint density at radius 2 is 1.50 bits per heavy atom. The average molecular weight is 366 g/mol. The minimum absolute atomic E-state index is 0.0608. The third kappa shape index (κ3) is 5.82. The molecule has 0 N–H and O–H groups in total. The molecule has 4 atom stereocenters. The minimum Gasteiger partial charge on any atom is -0.456 e. The van der Waals surface area contributed by atoms with E-state index in [1.165, 1.54) is 20.8 Å². The first kappa shape index (κ1) is 19.9. The van der Waals surface area contributed by atoms with Crippen LogP contribution >= 0.6 is 0 Å². The number of ether oxygens (including phenoxy) is 5. The van der Waals surface area contributed by atoms with Crippen LogP contribution in [0, 0.1) is 0 Å². The number of hydrogen-bond donors (Lipinski definition) is 0. The Bertz CT molecular complexity index is 629. The summed E-state index contributed by atoms with van der Waals surface area (Å²) < 4.78 is 26.9. The van der Waals surface area contributed by atoms with Gasteiger partial charge < -0.3 is 23.7 Å². The highest BCUT2D eigenvalue weighted by Crippen LogP contribution is 2.26. The maximum atomic E-state index is 11.5. The third-order valence-corrected chi connectivity index (χ3v) is 3.56. The van der Waals surface area contributed by atoms with Crippen molar-refractivity contribution in [3.05, 3.63) is 35.9 Å². The zero-order chi connectivity index (χ0) is 19.1. The van der Waals surface area contributed by atoms with E-state index in [0.717, 1.165) is 5.56 Å². The second kappa shape index (κ2) is 9.30. The van der Waals surface area contributed by atoms with Gasteiger partial charge >= 0.3 is 17.9 Å². The van der Waals surface area contributed by atoms with E-state index in [0.29, 0.717) is 0 Å². The third-order valence-electron chi connectivity index (χ3n) is 3.56. The lowest BCUT2D eigenvalue weighted by Gasteiger charge is -2.40. The van der Waals surface area contributed by atoms with Crippen molar-refractivity contribution in [2.24, 2.45) is 0 Å². The molecule has 8 nitrogen and oxygen atoms in total. The quantitative estimate of drug-likeness (QED) is 0.550. The van der Waals surface area contributed by atoms with Crippen LogP contribution < -0.4 is 0 Å². The molecule has 1 aromatic carbocycles. The van der Waals surface area contributed by atoms with Crippen molar-refractivity contribution in [2.45, 2.75) is 52.0 Å². The first-order valence-electron chi connectivity index (χ1n) is 8.15. The topological polar surface area (TPSA) is 97.4 Å². The van der Waals surface area contributed by atoms with Gasteiger partial charge in [0.05, 0.1) is 13.2 Å². The predicted octanol–water partition coefficient (Wildman–Crippen LogP) is 1.35. The smallest absolute Gasteiger partial charge is 0.303 e. The fraction of sp³-hybridized carbons (Fsp3) is 0.500. The summed E-state index contributed by atoms with van der Waals surface area (Å²) in [6.45, 7) is 3.80. The Kier molecular flexibility index (Phi) is 7.11. The maximum Gasteiger partial charge on any atom is 0.303 e. The van der Waals surface area contributed by atoms with Crippen molar-refractivity contribution < 1.29 is 38.1 Å². The minimum atomic E-state index is -1.07. The van der Waals surface area contributed by atoms with E-state index in [4.69, 9.17) is 23.7 Å². The van der Waals surface area contributed by atoms with Crippen molar-refractivity contribution in [2.75, 3.05) is 6.61 Å². The summed E-state index contributed by atoms with van der Waals surface area (Å²) in [7, 11) is 0. The van der Waals surface area contributed by atoms with E-state index in [2.05, 4.69) is 0 Å². The second-order valence-corrected chi connectivity index (χ2v) is 5.79. The van der Waals surface area contributed by atoms with Crippen LogP contribution in [0.1, 0.15) is 26.3 Å². The molecule has 1 fully saturated rings. The molecular weight excluding hydrogens is 344 g/mol. The monoisotopic (exact) mass is 366 g/mol. The Balaban J connectivity index is 2.16. The SMILES string of the molecule is CC(=O)O[C@@H]1[C@@H](OCc2ccccc2)OC[C@@H](OC(C)=O)[C@@H]1OC(C)=O. The molecule has 0 saturated carbocycles. The zero-order valence-electron chi connectivity index (χ0n) is 14.9. The highest BCUT2D eigenvalue weighted by molar-refractivity contribution is 5.68. The summed E-state index contributed by atoms with van der Waals surface area (Å²) in [4.78, 5) is 34.3. The number of rotatable bonds is 6. The molecule has 8 heteroatoms. The number of carbonyl (C=O) groups excluding carboxylic acids is 3. The van der Waals surface area contributed by atoms with Gasteiger partial charge in [0.15, 0.2) is 24.6 Å². The predicted molar refractivity (Wildman–Crippen MR) is 87.6 cm³/mol. The molecule has 1 aliphatic heterocycles. The van der Waals surface area contributed by atoms with Gasteiger partial charge in [0.1, 0.15) is 0 Å². The molecule has 0 aliphatic carbocycles. The lowest BCUT2D eigenvalue weighted by molar-refractivity contribution is -0.283. The average Bonchev–Trinajstić information content (AvgIpc) is 2.56. The molecule has 0 spiro atoms. The molecule has 0 amide bonds. The van der Waals surface area contributed by atoms with Gasteiger partial charge in [0.2, 0.25) is 0 Å². The Labute approximate surface area is 151 Å². The molecule has 0 bridgehead atoms. The molecule has 0 radical (unpaired) electrons. The van der Waals surface area contributed by atoms with Gasteiger partial charge in [-0.1, -0.05) is 30.3 Å². The summed E-state index contributed by atoms with van der Waals surface area (Å²) in [6.07, 6.45) is -3.99. The first-order valence-corrected chi connectivity index (χ1v) is 8.15. The molecule has 0 unspecified atom stereocenters. The number of carbonyl (C=O) groups is 3. The van der Waals surface area contributed by atoms with Crippen LogP contribution in [0.15, 0.2) is 30.3 Å². The van der Waals surface area contributed by atoms with Crippen LogP contribution in [-0.2, 0) is 44.7 Å². The Morgan fingerprint density at radius 3 is 2.08 bits per heavy atom. The summed E-state index contributed by atoms with van der Waals surface area (Å²) in [5.74, 6) is -1.78. The molecule has 1 aliphatic rings. The van der Waals surface area contributed by atoms with Crippen molar-refractivity contribution >= 4 is 17.9 Å². The van der Waals surface area contributed by atoms with E-state index >= 15 is 0 Å². The Hall–Kier alpha value is -2.45. The summed E-state index contributed by atoms with van der Waals surface area (Å²) in [5, 5.41) is 0. The molecular formula is C18H22O8. The van der Waals surface area contributed by atoms with Crippen LogP contribution in [-0.4, -0.2) is 49.1 Å². The molecule has 2 rings (SSSR count). The highest BCUT2D eigenvalue weighted by Gasteiger charge is 2.47. The number of benzene rings is 1. The van der Waals surface area contributed by atoms with Crippen LogP contribution in [0.4, 0.5) is 0 Å². The zero-order valence-corrected chi connectivity index (χ0v) is 14.9. The van der Waals surface area contributed by atoms with Gasteiger partial charge in [-0.2, -0.15) is 0 Å². The summed E-state index contributed by atoms with van der Waals surface area (Å²) in [6, 6.07) is 9.34. The van der Waals surface area contributed by atoms with Crippen molar-refractivity contribution in [1.29, 1.82) is 0 Å². The molecule has 1 saturated heterocycles. The van der Waals surface area contributed by atoms with Crippen LogP contribution in [0.3, 0.4) is 0 Å². The summed E-state index contributed by atoms with van der Waals surface area (Å²) in [5.41, 5.74) is 0.892. The van der Waals surface area contributed by atoms with Gasteiger partial charge in [0.25, 0.3) is 0 Å². The highest BCUT2D eigenvalue weighted by atomic mass is 16.7. The van der Waals surface area contributed by atoms with Crippen LogP contribution in [0.2, 0.25) is 0 Å². The van der Waals surface area contributed by atoms with Gasteiger partial charge in [-0.3, -0.25) is 14.4 Å². The van der Waals surface area contributed by atoms with Crippen LogP contribution in [0.25, 0.3) is 0 Å². The first-order chi connectivity index (χ1) is 12.4. The maximum absolute atomic E-state index is 11.5. The molecule has 1 heterocycles. The van der Waals surface area contributed by atoms with E-state index in [1.807, 2.05) is 30.3 Å². The fourth-order valence-electron chi connectivity index (χ4n) is 2.60. The number of hydrogen-bond acceptors (Lipinski definition) is 8. The fourth-order valence-corrected chi connectivity index (χ4v) is 2.60. The molecule has 26 heavy (non-hydrogen) atoms. The standard InChI is InChI=1S/C18H22O8/c1-11(19)24-15-10-23-18(22-9-14-7-5-4-6-8-14)17(26-13(3)21)16(15)25-12(2)20/h4-8,15-18H,9-10H2,1-3H3/t15-,16+,17+,18+/m1/s1. The van der Waals surface area contributed by atoms with E-state index in [9.17, 15) is 14.4 Å².